The zero-order chi connectivity index (χ0) is 16.1. The van der Waals surface area contributed by atoms with Gasteiger partial charge in [-0.15, -0.1) is 12.4 Å². The number of carbonyl (C=O) groups excluding carboxylic acids is 1. The van der Waals surface area contributed by atoms with Crippen molar-refractivity contribution in [3.8, 4) is 0 Å². The minimum Gasteiger partial charge on any atom is -0.352 e. The van der Waals surface area contributed by atoms with Crippen LogP contribution in [-0.2, 0) is 24.1 Å². The van der Waals surface area contributed by atoms with Crippen molar-refractivity contribution in [2.24, 2.45) is 11.7 Å². The maximum Gasteiger partial charge on any atom is 0.224 e. The fraction of sp³-hybridized carbons (Fsp3) is 0.650. The smallest absolute Gasteiger partial charge is 0.224 e. The van der Waals surface area contributed by atoms with E-state index in [1.807, 2.05) is 0 Å². The van der Waals surface area contributed by atoms with Crippen LogP contribution < -0.4 is 11.1 Å². The number of fused-ring (bicyclic) bond motifs is 1. The molecule has 0 aromatic heterocycles. The van der Waals surface area contributed by atoms with Gasteiger partial charge in [0.05, 0.1) is 6.42 Å². The summed E-state index contributed by atoms with van der Waals surface area (Å²) in [6.07, 6.45) is 11.7. The van der Waals surface area contributed by atoms with Gasteiger partial charge in [-0.3, -0.25) is 4.79 Å². The van der Waals surface area contributed by atoms with Crippen LogP contribution in [0.4, 0.5) is 0 Å². The van der Waals surface area contributed by atoms with Crippen LogP contribution in [0.1, 0.15) is 61.6 Å². The van der Waals surface area contributed by atoms with E-state index in [1.54, 1.807) is 0 Å². The highest BCUT2D eigenvalue weighted by molar-refractivity contribution is 5.85. The fourth-order valence-electron chi connectivity index (χ4n) is 4.25. The first-order valence-corrected chi connectivity index (χ1v) is 9.36. The van der Waals surface area contributed by atoms with Crippen molar-refractivity contribution < 1.29 is 4.79 Å². The standard InChI is InChI=1S/C20H30N2O.ClH/c21-14-19(17-7-2-1-3-8-17)22-20(23)13-15-10-11-16-6-4-5-9-18(16)12-15;/h10-12,17,19H,1-9,13-14,21H2,(H,22,23);1H/t19-;/m0./s1. The molecule has 0 heterocycles. The second-order valence-electron chi connectivity index (χ2n) is 7.29. The van der Waals surface area contributed by atoms with Gasteiger partial charge in [0.25, 0.3) is 0 Å². The summed E-state index contributed by atoms with van der Waals surface area (Å²) in [7, 11) is 0. The highest BCUT2D eigenvalue weighted by atomic mass is 35.5. The van der Waals surface area contributed by atoms with Gasteiger partial charge >= 0.3 is 0 Å². The molecule has 1 atom stereocenters. The highest BCUT2D eigenvalue weighted by Gasteiger charge is 2.24. The van der Waals surface area contributed by atoms with Crippen LogP contribution in [0.15, 0.2) is 18.2 Å². The predicted octanol–water partition coefficient (Wildman–Crippen LogP) is 3.55. The van der Waals surface area contributed by atoms with E-state index in [-0.39, 0.29) is 24.4 Å². The lowest BCUT2D eigenvalue weighted by Gasteiger charge is -2.30. The van der Waals surface area contributed by atoms with Crippen LogP contribution >= 0.6 is 12.4 Å². The Bertz CT molecular complexity index is 540. The largest absolute Gasteiger partial charge is 0.352 e. The van der Waals surface area contributed by atoms with E-state index >= 15 is 0 Å². The van der Waals surface area contributed by atoms with Gasteiger partial charge in [0.1, 0.15) is 0 Å². The Morgan fingerprint density at radius 3 is 2.50 bits per heavy atom. The average Bonchev–Trinajstić information content (AvgIpc) is 2.60. The van der Waals surface area contributed by atoms with Crippen LogP contribution in [0.2, 0.25) is 0 Å². The number of benzene rings is 1. The molecular weight excluding hydrogens is 320 g/mol. The van der Waals surface area contributed by atoms with Crippen LogP contribution in [-0.4, -0.2) is 18.5 Å². The molecule has 3 N–H and O–H groups in total. The minimum absolute atomic E-state index is 0. The summed E-state index contributed by atoms with van der Waals surface area (Å²) in [5.74, 6) is 0.697. The van der Waals surface area contributed by atoms with Crippen molar-refractivity contribution in [3.63, 3.8) is 0 Å². The van der Waals surface area contributed by atoms with Crippen molar-refractivity contribution in [1.82, 2.24) is 5.32 Å². The van der Waals surface area contributed by atoms with Gasteiger partial charge in [0.2, 0.25) is 5.91 Å². The third-order valence-corrected chi connectivity index (χ3v) is 5.60. The highest BCUT2D eigenvalue weighted by Crippen LogP contribution is 2.26. The quantitative estimate of drug-likeness (QED) is 0.853. The number of carbonyl (C=O) groups is 1. The zero-order valence-corrected chi connectivity index (χ0v) is 15.4. The molecule has 3 nitrogen and oxygen atoms in total. The molecule has 0 aliphatic heterocycles. The number of nitrogens with one attached hydrogen (secondary N) is 1. The lowest BCUT2D eigenvalue weighted by Crippen LogP contribution is -2.46. The molecule has 3 rings (SSSR count). The van der Waals surface area contributed by atoms with Gasteiger partial charge in [-0.1, -0.05) is 37.5 Å². The number of halogens is 1. The third-order valence-electron chi connectivity index (χ3n) is 5.60. The van der Waals surface area contributed by atoms with Crippen molar-refractivity contribution >= 4 is 18.3 Å². The van der Waals surface area contributed by atoms with Crippen LogP contribution in [0.5, 0.6) is 0 Å². The maximum absolute atomic E-state index is 12.4. The second kappa shape index (κ2) is 9.43. The number of nitrogens with two attached hydrogens (primary N) is 1. The molecule has 24 heavy (non-hydrogen) atoms. The summed E-state index contributed by atoms with van der Waals surface area (Å²) in [6.45, 7) is 0.556. The van der Waals surface area contributed by atoms with Gasteiger partial charge in [0, 0.05) is 12.6 Å². The Morgan fingerprint density at radius 2 is 1.79 bits per heavy atom. The van der Waals surface area contributed by atoms with E-state index in [0.717, 1.165) is 12.0 Å². The Balaban J connectivity index is 0.00000208. The second-order valence-corrected chi connectivity index (χ2v) is 7.29. The number of hydrogen-bond acceptors (Lipinski definition) is 2. The first-order chi connectivity index (χ1) is 11.3. The van der Waals surface area contributed by atoms with E-state index in [2.05, 4.69) is 23.5 Å². The van der Waals surface area contributed by atoms with E-state index in [1.165, 1.54) is 62.5 Å². The topological polar surface area (TPSA) is 55.1 Å². The Hall–Kier alpha value is -1.06. The fourth-order valence-corrected chi connectivity index (χ4v) is 4.25. The van der Waals surface area contributed by atoms with Gasteiger partial charge in [0.15, 0.2) is 0 Å². The summed E-state index contributed by atoms with van der Waals surface area (Å²) < 4.78 is 0. The first kappa shape index (κ1) is 19.3. The molecule has 0 bridgehead atoms. The summed E-state index contributed by atoms with van der Waals surface area (Å²) in [4.78, 5) is 12.4. The van der Waals surface area contributed by atoms with Crippen molar-refractivity contribution in [1.29, 1.82) is 0 Å². The summed E-state index contributed by atoms with van der Waals surface area (Å²) in [5, 5.41) is 3.20. The molecule has 0 spiro atoms. The molecule has 0 radical (unpaired) electrons. The Kier molecular flexibility index (Phi) is 7.57. The molecule has 1 fully saturated rings. The predicted molar refractivity (Wildman–Crippen MR) is 102 cm³/mol. The lowest BCUT2D eigenvalue weighted by molar-refractivity contribution is -0.121. The molecule has 1 saturated carbocycles. The number of aryl methyl sites for hydroxylation is 2. The lowest BCUT2D eigenvalue weighted by atomic mass is 9.84. The SMILES string of the molecule is Cl.NC[C@H](NC(=O)Cc1ccc2c(c1)CCCC2)C1CCCCC1. The molecule has 0 unspecified atom stereocenters. The summed E-state index contributed by atoms with van der Waals surface area (Å²) in [5.41, 5.74) is 9.99. The van der Waals surface area contributed by atoms with Gasteiger partial charge in [-0.05, 0) is 61.1 Å². The van der Waals surface area contributed by atoms with Crippen LogP contribution in [0.3, 0.4) is 0 Å². The molecule has 2 aliphatic rings. The van der Waals surface area contributed by atoms with Crippen molar-refractivity contribution in [2.45, 2.75) is 70.3 Å². The molecule has 2 aliphatic carbocycles. The van der Waals surface area contributed by atoms with Gasteiger partial charge in [-0.25, -0.2) is 0 Å². The van der Waals surface area contributed by atoms with Gasteiger partial charge in [-0.2, -0.15) is 0 Å². The molecule has 1 amide bonds. The van der Waals surface area contributed by atoms with Gasteiger partial charge < -0.3 is 11.1 Å². The number of hydrogen-bond donors (Lipinski definition) is 2. The summed E-state index contributed by atoms with van der Waals surface area (Å²) in [6, 6.07) is 6.74. The monoisotopic (exact) mass is 350 g/mol. The molecule has 1 aromatic rings. The molecule has 4 heteroatoms. The Labute approximate surface area is 152 Å². The number of amides is 1. The molecule has 134 valence electrons. The van der Waals surface area contributed by atoms with Crippen molar-refractivity contribution in [2.75, 3.05) is 6.54 Å². The molecule has 0 saturated heterocycles. The van der Waals surface area contributed by atoms with E-state index in [0.29, 0.717) is 18.9 Å². The molecular formula is C20H31ClN2O. The zero-order valence-electron chi connectivity index (χ0n) is 14.6. The first-order valence-electron chi connectivity index (χ1n) is 9.36. The third kappa shape index (κ3) is 4.97. The van der Waals surface area contributed by atoms with Crippen LogP contribution in [0, 0.1) is 5.92 Å². The molecule has 1 aromatic carbocycles. The summed E-state index contributed by atoms with van der Waals surface area (Å²) >= 11 is 0. The minimum atomic E-state index is 0. The van der Waals surface area contributed by atoms with E-state index < -0.39 is 0 Å². The van der Waals surface area contributed by atoms with E-state index in [9.17, 15) is 4.79 Å². The normalized spacial score (nSPS) is 19.0. The average molecular weight is 351 g/mol. The Morgan fingerprint density at radius 1 is 1.08 bits per heavy atom. The van der Waals surface area contributed by atoms with Crippen molar-refractivity contribution in [3.05, 3.63) is 34.9 Å². The maximum atomic E-state index is 12.4. The van der Waals surface area contributed by atoms with Crippen LogP contribution in [0.25, 0.3) is 0 Å². The van der Waals surface area contributed by atoms with E-state index in [4.69, 9.17) is 5.73 Å². The number of rotatable bonds is 5.